The summed E-state index contributed by atoms with van der Waals surface area (Å²) < 4.78 is 33.9. The van der Waals surface area contributed by atoms with Crippen LogP contribution in [0.25, 0.3) is 11.0 Å². The number of primary amides is 1. The Hall–Kier alpha value is -4.91. The highest BCUT2D eigenvalue weighted by Gasteiger charge is 2.53. The number of ketones is 1. The molecule has 1 amide bonds. The first-order chi connectivity index (χ1) is 21.8. The number of ether oxygens (including phenoxy) is 5. The Balaban J connectivity index is 1.39. The number of aliphatic hydroxyl groups excluding tert-OH is 1. The lowest BCUT2D eigenvalue weighted by Crippen LogP contribution is -2.65. The molecule has 0 spiro atoms. The van der Waals surface area contributed by atoms with Gasteiger partial charge in [0.25, 0.3) is 0 Å². The number of rotatable bonds is 9. The second-order valence-electron chi connectivity index (χ2n) is 11.6. The third-order valence-corrected chi connectivity index (χ3v) is 7.86. The zero-order valence-corrected chi connectivity index (χ0v) is 25.9. The maximum atomic E-state index is 13.2. The number of Topliss-reactive ketones (excluding diaryl/α,β-unsaturated/α-hetero) is 1. The number of hydrogen-bond acceptors (Lipinski definition) is 11. The van der Waals surface area contributed by atoms with Crippen molar-refractivity contribution < 1.29 is 47.9 Å². The van der Waals surface area contributed by atoms with E-state index in [1.807, 2.05) is 31.2 Å². The molecule has 0 unspecified atom stereocenters. The minimum atomic E-state index is -1.50. The van der Waals surface area contributed by atoms with Crippen LogP contribution >= 0.6 is 0 Å². The lowest BCUT2D eigenvalue weighted by molar-refractivity contribution is -0.304. The second-order valence-corrected chi connectivity index (χ2v) is 11.6. The molecule has 4 atom stereocenters. The minimum absolute atomic E-state index is 0.00829. The summed E-state index contributed by atoms with van der Waals surface area (Å²) in [5.41, 5.74) is 4.70. The van der Waals surface area contributed by atoms with Crippen LogP contribution in [-0.2, 0) is 20.6 Å². The van der Waals surface area contributed by atoms with Crippen LogP contribution < -0.4 is 20.8 Å². The third kappa shape index (κ3) is 6.54. The first-order valence-corrected chi connectivity index (χ1v) is 14.5. The van der Waals surface area contributed by atoms with E-state index in [0.717, 1.165) is 5.56 Å². The molecule has 2 heterocycles. The Morgan fingerprint density at radius 3 is 2.41 bits per heavy atom. The maximum Gasteiger partial charge on any atom is 0.404 e. The molecule has 1 aliphatic heterocycles. The monoisotopic (exact) mass is 633 g/mol. The van der Waals surface area contributed by atoms with Crippen molar-refractivity contribution in [2.45, 2.75) is 64.3 Å². The Kier molecular flexibility index (Phi) is 9.06. The highest BCUT2D eigenvalue weighted by atomic mass is 16.7. The van der Waals surface area contributed by atoms with Gasteiger partial charge in [-0.3, -0.25) is 4.79 Å². The summed E-state index contributed by atoms with van der Waals surface area (Å²) in [5.74, 6) is 0.356. The molecular weight excluding hydrogens is 598 g/mol. The van der Waals surface area contributed by atoms with Crippen LogP contribution in [0.4, 0.5) is 4.79 Å². The van der Waals surface area contributed by atoms with Crippen LogP contribution in [0.3, 0.4) is 0 Å². The highest BCUT2D eigenvalue weighted by Crippen LogP contribution is 2.38. The first kappa shape index (κ1) is 32.5. The van der Waals surface area contributed by atoms with Crippen LogP contribution in [-0.4, -0.2) is 59.4 Å². The van der Waals surface area contributed by atoms with Gasteiger partial charge in [-0.25, -0.2) is 9.59 Å². The number of benzene rings is 3. The van der Waals surface area contributed by atoms with Gasteiger partial charge in [-0.1, -0.05) is 29.8 Å². The smallest absolute Gasteiger partial charge is 0.404 e. The van der Waals surface area contributed by atoms with Crippen molar-refractivity contribution in [1.82, 2.24) is 0 Å². The fourth-order valence-electron chi connectivity index (χ4n) is 5.49. The van der Waals surface area contributed by atoms with Gasteiger partial charge in [0.05, 0.1) is 16.6 Å². The van der Waals surface area contributed by atoms with E-state index in [1.54, 1.807) is 45.0 Å². The number of carbonyl (C=O) groups excluding carboxylic acids is 2. The Morgan fingerprint density at radius 1 is 1.02 bits per heavy atom. The standard InChI is InChI=1S/C34H35NO11/c1-17-9-11-20(12-10-17)42-21-8-6-7-19(15-21)24(36)16-23-26(37)22-13-14-25(18(2)28(22)44-31(23)39)43-32-27(38)29(45-33(35)40)30(41-5)34(3,4)46-32/h6-15,27,29-30,32,37-38H,16H2,1-5H3,(H2,35,40)/t27-,29+,30-,32-/m1/s1. The summed E-state index contributed by atoms with van der Waals surface area (Å²) >= 11 is 0. The van der Waals surface area contributed by atoms with E-state index in [4.69, 9.17) is 33.8 Å². The number of nitrogens with two attached hydrogens (primary N) is 1. The zero-order chi connectivity index (χ0) is 33.3. The molecule has 5 rings (SSSR count). The summed E-state index contributed by atoms with van der Waals surface area (Å²) in [7, 11) is 1.38. The van der Waals surface area contributed by atoms with Crippen molar-refractivity contribution in [3.63, 3.8) is 0 Å². The van der Waals surface area contributed by atoms with E-state index in [9.17, 15) is 24.6 Å². The van der Waals surface area contributed by atoms with Gasteiger partial charge in [0.2, 0.25) is 6.29 Å². The van der Waals surface area contributed by atoms with Crippen LogP contribution in [0, 0.1) is 13.8 Å². The summed E-state index contributed by atoms with van der Waals surface area (Å²) in [6.45, 7) is 6.88. The number of aliphatic hydroxyl groups is 1. The Bertz CT molecular complexity index is 1830. The van der Waals surface area contributed by atoms with Gasteiger partial charge in [-0.15, -0.1) is 0 Å². The molecule has 0 radical (unpaired) electrons. The van der Waals surface area contributed by atoms with Gasteiger partial charge in [-0.2, -0.15) is 0 Å². The molecule has 1 aliphatic rings. The van der Waals surface area contributed by atoms with Gasteiger partial charge in [0, 0.05) is 24.7 Å². The third-order valence-electron chi connectivity index (χ3n) is 7.86. The second kappa shape index (κ2) is 12.8. The van der Waals surface area contributed by atoms with Crippen molar-refractivity contribution in [3.8, 4) is 23.0 Å². The number of fused-ring (bicyclic) bond motifs is 1. The number of aromatic hydroxyl groups is 1. The lowest BCUT2D eigenvalue weighted by atomic mass is 9.89. The normalized spacial score (nSPS) is 20.7. The molecule has 3 aromatic carbocycles. The van der Waals surface area contributed by atoms with Gasteiger partial charge in [0.1, 0.15) is 34.7 Å². The van der Waals surface area contributed by atoms with E-state index < -0.39 is 59.9 Å². The van der Waals surface area contributed by atoms with Crippen molar-refractivity contribution in [1.29, 1.82) is 0 Å². The van der Waals surface area contributed by atoms with Gasteiger partial charge in [0.15, 0.2) is 18.0 Å². The van der Waals surface area contributed by atoms with Crippen LogP contribution in [0.5, 0.6) is 23.0 Å². The molecule has 46 heavy (non-hydrogen) atoms. The molecule has 1 saturated heterocycles. The van der Waals surface area contributed by atoms with E-state index in [0.29, 0.717) is 17.1 Å². The first-order valence-electron chi connectivity index (χ1n) is 14.5. The molecule has 0 saturated carbocycles. The number of hydrogen-bond donors (Lipinski definition) is 3. The fraction of sp³-hybridized carbons (Fsp3) is 0.324. The molecule has 4 N–H and O–H groups in total. The summed E-state index contributed by atoms with van der Waals surface area (Å²) in [5, 5.41) is 22.2. The zero-order valence-electron chi connectivity index (χ0n) is 25.9. The molecule has 4 aromatic rings. The van der Waals surface area contributed by atoms with E-state index in [-0.39, 0.29) is 27.8 Å². The highest BCUT2D eigenvalue weighted by molar-refractivity contribution is 5.99. The topological polar surface area (TPSA) is 177 Å². The quantitative estimate of drug-likeness (QED) is 0.172. The molecular formula is C34H35NO11. The largest absolute Gasteiger partial charge is 0.507 e. The van der Waals surface area contributed by atoms with Crippen molar-refractivity contribution >= 4 is 22.8 Å². The Labute approximate surface area is 264 Å². The van der Waals surface area contributed by atoms with E-state index in [2.05, 4.69) is 0 Å². The average Bonchev–Trinajstić information content (AvgIpc) is 3.00. The lowest BCUT2D eigenvalue weighted by Gasteiger charge is -2.47. The van der Waals surface area contributed by atoms with Crippen LogP contribution in [0.15, 0.2) is 69.9 Å². The molecule has 1 fully saturated rings. The van der Waals surface area contributed by atoms with Crippen LogP contribution in [0.1, 0.15) is 40.9 Å². The number of aryl methyl sites for hydroxylation is 2. The maximum absolute atomic E-state index is 13.2. The molecule has 1 aromatic heterocycles. The van der Waals surface area contributed by atoms with E-state index in [1.165, 1.54) is 19.2 Å². The molecule has 0 aliphatic carbocycles. The molecule has 12 heteroatoms. The van der Waals surface area contributed by atoms with Gasteiger partial charge < -0.3 is 44.0 Å². The predicted molar refractivity (Wildman–Crippen MR) is 165 cm³/mol. The van der Waals surface area contributed by atoms with Gasteiger partial charge in [-0.05, 0) is 64.1 Å². The summed E-state index contributed by atoms with van der Waals surface area (Å²) in [6, 6.07) is 16.9. The number of amides is 1. The van der Waals surface area contributed by atoms with Crippen LogP contribution in [0.2, 0.25) is 0 Å². The molecule has 242 valence electrons. The Morgan fingerprint density at radius 2 is 1.74 bits per heavy atom. The van der Waals surface area contributed by atoms with E-state index >= 15 is 0 Å². The average molecular weight is 634 g/mol. The summed E-state index contributed by atoms with van der Waals surface area (Å²) in [6.07, 6.45) is -6.46. The summed E-state index contributed by atoms with van der Waals surface area (Å²) in [4.78, 5) is 37.8. The predicted octanol–water partition coefficient (Wildman–Crippen LogP) is 4.69. The van der Waals surface area contributed by atoms with Crippen molar-refractivity contribution in [3.05, 3.63) is 93.3 Å². The number of methoxy groups -OCH3 is 1. The molecule has 0 bridgehead atoms. The van der Waals surface area contributed by atoms with Crippen molar-refractivity contribution in [2.24, 2.45) is 5.73 Å². The van der Waals surface area contributed by atoms with Crippen molar-refractivity contribution in [2.75, 3.05) is 7.11 Å². The fourth-order valence-corrected chi connectivity index (χ4v) is 5.49. The SMILES string of the molecule is CO[C@@H]1[C@@H](OC(N)=O)[C@@H](O)[C@H](Oc2ccc3c(O)c(CC(=O)c4cccc(Oc5ccc(C)cc5)c4)c(=O)oc3c2C)OC1(C)C. The van der Waals surface area contributed by atoms with Gasteiger partial charge >= 0.3 is 11.7 Å². The minimum Gasteiger partial charge on any atom is -0.507 e. The number of carbonyl (C=O) groups is 2. The molecule has 12 nitrogen and oxygen atoms in total.